The monoisotopic (exact) mass is 387 g/mol. The van der Waals surface area contributed by atoms with E-state index in [-0.39, 0.29) is 11.3 Å². The van der Waals surface area contributed by atoms with Crippen molar-refractivity contribution in [3.63, 3.8) is 0 Å². The molecule has 0 fully saturated rings. The second-order valence-electron chi connectivity index (χ2n) is 5.55. The van der Waals surface area contributed by atoms with Gasteiger partial charge in [0, 0.05) is 5.56 Å². The first-order chi connectivity index (χ1) is 13.1. The van der Waals surface area contributed by atoms with E-state index in [4.69, 9.17) is 30.2 Å². The predicted molar refractivity (Wildman–Crippen MR) is 100 cm³/mol. The Bertz CT molecular complexity index is 892. The molecule has 140 valence electrons. The number of aromatic nitrogens is 1. The Hall–Kier alpha value is -2.99. The van der Waals surface area contributed by atoms with Crippen LogP contribution < -0.4 is 9.47 Å². The Morgan fingerprint density at radius 2 is 1.78 bits per heavy atom. The highest BCUT2D eigenvalue weighted by Crippen LogP contribution is 2.33. The van der Waals surface area contributed by atoms with Crippen molar-refractivity contribution in [3.05, 3.63) is 59.8 Å². The number of esters is 1. The van der Waals surface area contributed by atoms with Gasteiger partial charge < -0.3 is 18.6 Å². The van der Waals surface area contributed by atoms with Crippen molar-refractivity contribution in [1.82, 2.24) is 4.98 Å². The van der Waals surface area contributed by atoms with E-state index in [1.165, 1.54) is 0 Å². The molecule has 1 atom stereocenters. The van der Waals surface area contributed by atoms with Gasteiger partial charge >= 0.3 is 12.0 Å². The van der Waals surface area contributed by atoms with Crippen molar-refractivity contribution in [1.29, 1.82) is 0 Å². The van der Waals surface area contributed by atoms with Gasteiger partial charge in [-0.25, -0.2) is 4.79 Å². The molecule has 0 saturated carbocycles. The number of rotatable bonds is 7. The minimum Gasteiger partial charge on any atom is -0.479 e. The molecular formula is C20H18ClNO5. The maximum absolute atomic E-state index is 11.6. The zero-order chi connectivity index (χ0) is 19.2. The number of oxazole rings is 1. The van der Waals surface area contributed by atoms with Crippen molar-refractivity contribution >= 4 is 17.6 Å². The van der Waals surface area contributed by atoms with Gasteiger partial charge in [-0.3, -0.25) is 0 Å². The second kappa shape index (κ2) is 8.60. The topological polar surface area (TPSA) is 70.8 Å². The van der Waals surface area contributed by atoms with E-state index < -0.39 is 12.1 Å². The molecule has 1 aromatic heterocycles. The summed E-state index contributed by atoms with van der Waals surface area (Å²) in [5.41, 5.74) is 1.34. The highest BCUT2D eigenvalue weighted by molar-refractivity contribution is 6.31. The number of ether oxygens (including phenoxy) is 3. The van der Waals surface area contributed by atoms with Gasteiger partial charge in [0.25, 0.3) is 0 Å². The Balaban J connectivity index is 1.66. The number of benzene rings is 2. The molecule has 0 spiro atoms. The van der Waals surface area contributed by atoms with Gasteiger partial charge in [0.15, 0.2) is 6.10 Å². The van der Waals surface area contributed by atoms with E-state index in [0.29, 0.717) is 23.8 Å². The summed E-state index contributed by atoms with van der Waals surface area (Å²) >= 11 is 6.11. The van der Waals surface area contributed by atoms with Crippen molar-refractivity contribution in [2.45, 2.75) is 20.0 Å². The van der Waals surface area contributed by atoms with Crippen LogP contribution in [0.5, 0.6) is 17.6 Å². The van der Waals surface area contributed by atoms with Crippen LogP contribution >= 0.6 is 11.6 Å². The van der Waals surface area contributed by atoms with Crippen LogP contribution in [0.1, 0.15) is 13.8 Å². The molecule has 3 rings (SSSR count). The number of carbonyl (C=O) groups excluding carboxylic acids is 1. The zero-order valence-corrected chi connectivity index (χ0v) is 15.6. The lowest BCUT2D eigenvalue weighted by Gasteiger charge is -2.13. The second-order valence-corrected chi connectivity index (χ2v) is 5.90. The summed E-state index contributed by atoms with van der Waals surface area (Å²) < 4.78 is 21.4. The average molecular weight is 388 g/mol. The zero-order valence-electron chi connectivity index (χ0n) is 14.8. The Labute approximate surface area is 161 Å². The van der Waals surface area contributed by atoms with E-state index in [1.54, 1.807) is 38.1 Å². The predicted octanol–water partition coefficient (Wildman–Crippen LogP) is 5.12. The van der Waals surface area contributed by atoms with E-state index in [9.17, 15) is 4.79 Å². The largest absolute Gasteiger partial charge is 0.479 e. The van der Waals surface area contributed by atoms with Gasteiger partial charge in [0.2, 0.25) is 5.22 Å². The molecule has 2 aromatic carbocycles. The van der Waals surface area contributed by atoms with Crippen molar-refractivity contribution in [2.24, 2.45) is 0 Å². The Morgan fingerprint density at radius 1 is 1.11 bits per heavy atom. The van der Waals surface area contributed by atoms with Crippen LogP contribution in [0.25, 0.3) is 11.3 Å². The van der Waals surface area contributed by atoms with Crippen LogP contribution in [0.4, 0.5) is 0 Å². The SMILES string of the molecule is CCOC(=O)[C@@H](C)Oc1ccc(Oc2nc(-c3ccccc3)c(Cl)o2)cc1. The standard InChI is InChI=1S/C20H18ClNO5/c1-3-24-19(23)13(2)25-15-9-11-16(12-10-15)26-20-22-17(18(21)27-20)14-7-5-4-6-8-14/h4-13H,3H2,1-2H3/t13-/m1/s1. The first-order valence-corrected chi connectivity index (χ1v) is 8.77. The molecule has 0 aliphatic heterocycles. The van der Waals surface area contributed by atoms with Gasteiger partial charge in [0.1, 0.15) is 17.2 Å². The molecule has 0 unspecified atom stereocenters. The maximum atomic E-state index is 11.6. The molecule has 27 heavy (non-hydrogen) atoms. The molecule has 0 aliphatic carbocycles. The molecule has 6 nitrogen and oxygen atoms in total. The highest BCUT2D eigenvalue weighted by atomic mass is 35.5. The lowest BCUT2D eigenvalue weighted by atomic mass is 10.2. The fourth-order valence-corrected chi connectivity index (χ4v) is 2.52. The van der Waals surface area contributed by atoms with E-state index in [1.807, 2.05) is 30.3 Å². The average Bonchev–Trinajstić information content (AvgIpc) is 3.04. The number of halogens is 1. The first kappa shape index (κ1) is 18.8. The molecule has 0 radical (unpaired) electrons. The fraction of sp³-hybridized carbons (Fsp3) is 0.200. The summed E-state index contributed by atoms with van der Waals surface area (Å²) in [5.74, 6) is 0.586. The third-order valence-corrected chi connectivity index (χ3v) is 3.83. The third-order valence-electron chi connectivity index (χ3n) is 3.57. The summed E-state index contributed by atoms with van der Waals surface area (Å²) in [6.45, 7) is 3.68. The quantitative estimate of drug-likeness (QED) is 0.524. The highest BCUT2D eigenvalue weighted by Gasteiger charge is 2.17. The Morgan fingerprint density at radius 3 is 2.44 bits per heavy atom. The van der Waals surface area contributed by atoms with E-state index in [0.717, 1.165) is 5.56 Å². The van der Waals surface area contributed by atoms with Gasteiger partial charge in [-0.15, -0.1) is 0 Å². The van der Waals surface area contributed by atoms with E-state index in [2.05, 4.69) is 4.98 Å². The number of hydrogen-bond donors (Lipinski definition) is 0. The van der Waals surface area contributed by atoms with Gasteiger partial charge in [-0.05, 0) is 49.7 Å². The normalized spacial score (nSPS) is 11.7. The lowest BCUT2D eigenvalue weighted by Crippen LogP contribution is -2.25. The number of nitrogens with zero attached hydrogens (tertiary/aromatic N) is 1. The van der Waals surface area contributed by atoms with E-state index >= 15 is 0 Å². The van der Waals surface area contributed by atoms with Crippen LogP contribution in [-0.4, -0.2) is 23.7 Å². The summed E-state index contributed by atoms with van der Waals surface area (Å²) in [5, 5.41) is 0.152. The molecule has 7 heteroatoms. The minimum atomic E-state index is -0.698. The molecule has 1 heterocycles. The smallest absolute Gasteiger partial charge is 0.401 e. The molecule has 0 saturated heterocycles. The first-order valence-electron chi connectivity index (χ1n) is 8.39. The van der Waals surface area contributed by atoms with Crippen LogP contribution in [0, 0.1) is 0 Å². The van der Waals surface area contributed by atoms with Crippen LogP contribution in [0.15, 0.2) is 59.0 Å². The van der Waals surface area contributed by atoms with Gasteiger partial charge in [0.05, 0.1) is 6.61 Å². The van der Waals surface area contributed by atoms with Gasteiger partial charge in [-0.2, -0.15) is 4.98 Å². The minimum absolute atomic E-state index is 0.0346. The number of carbonyl (C=O) groups is 1. The lowest BCUT2D eigenvalue weighted by molar-refractivity contribution is -0.150. The summed E-state index contributed by atoms with van der Waals surface area (Å²) in [7, 11) is 0. The molecule has 0 aliphatic rings. The summed E-state index contributed by atoms with van der Waals surface area (Å²) in [6, 6.07) is 16.1. The fourth-order valence-electron chi connectivity index (χ4n) is 2.30. The van der Waals surface area contributed by atoms with Crippen LogP contribution in [0.2, 0.25) is 5.22 Å². The van der Waals surface area contributed by atoms with Crippen LogP contribution in [0.3, 0.4) is 0 Å². The molecule has 0 bridgehead atoms. The van der Waals surface area contributed by atoms with Gasteiger partial charge in [-0.1, -0.05) is 30.3 Å². The molecule has 3 aromatic rings. The molecule has 0 amide bonds. The summed E-state index contributed by atoms with van der Waals surface area (Å²) in [4.78, 5) is 15.9. The van der Waals surface area contributed by atoms with Crippen molar-refractivity contribution in [2.75, 3.05) is 6.61 Å². The van der Waals surface area contributed by atoms with Crippen molar-refractivity contribution in [3.8, 4) is 28.8 Å². The summed E-state index contributed by atoms with van der Waals surface area (Å²) in [6.07, 6.45) is -0.664. The molecular weight excluding hydrogens is 370 g/mol. The number of hydrogen-bond acceptors (Lipinski definition) is 6. The molecule has 0 N–H and O–H groups in total. The third kappa shape index (κ3) is 4.80. The maximum Gasteiger partial charge on any atom is 0.401 e. The Kier molecular flexibility index (Phi) is 5.98. The van der Waals surface area contributed by atoms with Crippen LogP contribution in [-0.2, 0) is 9.53 Å². The van der Waals surface area contributed by atoms with Crippen molar-refractivity contribution < 1.29 is 23.4 Å².